The van der Waals surface area contributed by atoms with Gasteiger partial charge in [-0.15, -0.1) is 0 Å². The zero-order valence-electron chi connectivity index (χ0n) is 19.7. The van der Waals surface area contributed by atoms with Gasteiger partial charge in [-0.1, -0.05) is 49.6 Å². The number of likely N-dealkylation sites (tertiary alicyclic amines) is 1. The fraction of sp³-hybridized carbons (Fsp3) is 0.500. The van der Waals surface area contributed by atoms with E-state index in [0.717, 1.165) is 49.7 Å². The summed E-state index contributed by atoms with van der Waals surface area (Å²) in [6.07, 6.45) is 14.1. The summed E-state index contributed by atoms with van der Waals surface area (Å²) in [5, 5.41) is 15.6. The molecule has 0 radical (unpaired) electrons. The summed E-state index contributed by atoms with van der Waals surface area (Å²) in [4.78, 5) is 6.67. The predicted molar refractivity (Wildman–Crippen MR) is 132 cm³/mol. The number of nitrogens with zero attached hydrogens (tertiary/aromatic N) is 4. The summed E-state index contributed by atoms with van der Waals surface area (Å²) in [7, 11) is 2.01. The van der Waals surface area contributed by atoms with Crippen LogP contribution in [0.2, 0.25) is 0 Å². The Morgan fingerprint density at radius 1 is 1.00 bits per heavy atom. The lowest BCUT2D eigenvalue weighted by Crippen LogP contribution is -2.35. The molecule has 1 saturated carbocycles. The predicted octanol–water partition coefficient (Wildman–Crippen LogP) is 5.48. The minimum absolute atomic E-state index is 0.297. The molecule has 5 nitrogen and oxygen atoms in total. The van der Waals surface area contributed by atoms with Crippen molar-refractivity contribution >= 4 is 0 Å². The minimum atomic E-state index is -0.419. The Morgan fingerprint density at radius 2 is 1.76 bits per heavy atom. The van der Waals surface area contributed by atoms with E-state index in [9.17, 15) is 5.11 Å². The molecule has 1 N–H and O–H groups in total. The third-order valence-electron chi connectivity index (χ3n) is 7.66. The second-order valence-electron chi connectivity index (χ2n) is 9.98. The molecule has 2 aliphatic rings. The highest BCUT2D eigenvalue weighted by molar-refractivity contribution is 5.63. The standard InChI is InChI=1S/C28H36N4O/c1-31-19-26(20-32-16-13-24(14-17-32)28(33)25-8-5-15-29-18-25)27(30-31)23-11-9-22(10-12-23)21-6-3-2-4-7-21/h5,8-12,15,18-19,21,24,28,33H,2-4,6-7,13-14,16-17,20H2,1H3/t28-/m1/s1. The van der Waals surface area contributed by atoms with Crippen LogP contribution in [-0.4, -0.2) is 37.9 Å². The Bertz CT molecular complexity index is 1020. The molecule has 1 aliphatic carbocycles. The molecule has 2 fully saturated rings. The lowest BCUT2D eigenvalue weighted by molar-refractivity contribution is 0.0566. The van der Waals surface area contributed by atoms with Gasteiger partial charge in [0.2, 0.25) is 0 Å². The molecule has 1 atom stereocenters. The van der Waals surface area contributed by atoms with E-state index < -0.39 is 6.10 Å². The molecule has 5 heteroatoms. The van der Waals surface area contributed by atoms with Crippen molar-refractivity contribution in [1.29, 1.82) is 0 Å². The SMILES string of the molecule is Cn1cc(CN2CCC([C@@H](O)c3cccnc3)CC2)c(-c2ccc(C3CCCCC3)cc2)n1. The number of hydrogen-bond acceptors (Lipinski definition) is 4. The molecule has 1 saturated heterocycles. The summed E-state index contributed by atoms with van der Waals surface area (Å²) < 4.78 is 1.94. The number of hydrogen-bond donors (Lipinski definition) is 1. The van der Waals surface area contributed by atoms with E-state index in [1.165, 1.54) is 48.8 Å². The highest BCUT2D eigenvalue weighted by Gasteiger charge is 2.27. The number of aliphatic hydroxyl groups is 1. The average molecular weight is 445 g/mol. The van der Waals surface area contributed by atoms with E-state index in [0.29, 0.717) is 5.92 Å². The van der Waals surface area contributed by atoms with Crippen molar-refractivity contribution in [2.24, 2.45) is 13.0 Å². The third kappa shape index (κ3) is 5.20. The van der Waals surface area contributed by atoms with Gasteiger partial charge in [-0.2, -0.15) is 5.10 Å². The van der Waals surface area contributed by atoms with Crippen LogP contribution in [0.1, 0.15) is 73.7 Å². The van der Waals surface area contributed by atoms with E-state index >= 15 is 0 Å². The van der Waals surface area contributed by atoms with Crippen LogP contribution in [0.4, 0.5) is 0 Å². The summed E-state index contributed by atoms with van der Waals surface area (Å²) in [5.74, 6) is 1.03. The second-order valence-corrected chi connectivity index (χ2v) is 9.98. The molecule has 174 valence electrons. The summed E-state index contributed by atoms with van der Waals surface area (Å²) in [6.45, 7) is 2.90. The fourth-order valence-electron chi connectivity index (χ4n) is 5.74. The van der Waals surface area contributed by atoms with Gasteiger partial charge in [0, 0.05) is 43.3 Å². The van der Waals surface area contributed by atoms with Crippen LogP contribution >= 0.6 is 0 Å². The van der Waals surface area contributed by atoms with Crippen LogP contribution in [0.3, 0.4) is 0 Å². The number of piperidine rings is 1. The topological polar surface area (TPSA) is 54.2 Å². The number of aliphatic hydroxyl groups excluding tert-OH is 1. The van der Waals surface area contributed by atoms with E-state index in [1.807, 2.05) is 23.9 Å². The maximum atomic E-state index is 10.8. The first-order chi connectivity index (χ1) is 16.2. The van der Waals surface area contributed by atoms with Gasteiger partial charge in [-0.25, -0.2) is 0 Å². The molecule has 0 bridgehead atoms. The lowest BCUT2D eigenvalue weighted by Gasteiger charge is -2.34. The molecule has 1 aliphatic heterocycles. The Labute approximate surface area is 197 Å². The largest absolute Gasteiger partial charge is 0.388 e. The lowest BCUT2D eigenvalue weighted by atomic mass is 9.84. The highest BCUT2D eigenvalue weighted by atomic mass is 16.3. The summed E-state index contributed by atoms with van der Waals surface area (Å²) >= 11 is 0. The van der Waals surface area contributed by atoms with Crippen LogP contribution < -0.4 is 0 Å². The van der Waals surface area contributed by atoms with Crippen molar-refractivity contribution in [2.75, 3.05) is 13.1 Å². The zero-order chi connectivity index (χ0) is 22.6. The normalized spacial score (nSPS) is 19.6. The van der Waals surface area contributed by atoms with Gasteiger partial charge in [-0.05, 0) is 67.8 Å². The maximum absolute atomic E-state index is 10.8. The van der Waals surface area contributed by atoms with Crippen molar-refractivity contribution < 1.29 is 5.11 Å². The number of rotatable bonds is 6. The van der Waals surface area contributed by atoms with Crippen LogP contribution in [0.5, 0.6) is 0 Å². The van der Waals surface area contributed by atoms with E-state index in [4.69, 9.17) is 5.10 Å². The van der Waals surface area contributed by atoms with Crippen LogP contribution in [-0.2, 0) is 13.6 Å². The second kappa shape index (κ2) is 10.2. The van der Waals surface area contributed by atoms with E-state index in [1.54, 1.807) is 12.4 Å². The van der Waals surface area contributed by atoms with Gasteiger partial charge in [0.25, 0.3) is 0 Å². The molecule has 0 amide bonds. The number of aryl methyl sites for hydroxylation is 1. The van der Waals surface area contributed by atoms with Crippen LogP contribution in [0.25, 0.3) is 11.3 Å². The van der Waals surface area contributed by atoms with Crippen molar-refractivity contribution in [3.8, 4) is 11.3 Å². The Morgan fingerprint density at radius 3 is 2.45 bits per heavy atom. The number of benzene rings is 1. The molecule has 1 aromatic carbocycles. The molecule has 0 unspecified atom stereocenters. The first kappa shape index (κ1) is 22.3. The van der Waals surface area contributed by atoms with Gasteiger partial charge >= 0.3 is 0 Å². The Kier molecular flexibility index (Phi) is 6.88. The minimum Gasteiger partial charge on any atom is -0.388 e. The van der Waals surface area contributed by atoms with Crippen LogP contribution in [0.15, 0.2) is 55.0 Å². The Hall–Kier alpha value is -2.50. The van der Waals surface area contributed by atoms with Crippen molar-refractivity contribution in [3.63, 3.8) is 0 Å². The van der Waals surface area contributed by atoms with Gasteiger partial charge in [-0.3, -0.25) is 14.6 Å². The average Bonchev–Trinajstić information content (AvgIpc) is 3.25. The van der Waals surface area contributed by atoms with E-state index in [-0.39, 0.29) is 0 Å². The first-order valence-corrected chi connectivity index (χ1v) is 12.6. The fourth-order valence-corrected chi connectivity index (χ4v) is 5.74. The third-order valence-corrected chi connectivity index (χ3v) is 7.66. The quantitative estimate of drug-likeness (QED) is 0.547. The van der Waals surface area contributed by atoms with E-state index in [2.05, 4.69) is 40.3 Å². The molecular formula is C28H36N4O. The van der Waals surface area contributed by atoms with Gasteiger partial charge < -0.3 is 5.11 Å². The smallest absolute Gasteiger partial charge is 0.0968 e. The summed E-state index contributed by atoms with van der Waals surface area (Å²) in [6, 6.07) is 13.1. The van der Waals surface area contributed by atoms with Gasteiger partial charge in [0.05, 0.1) is 11.8 Å². The van der Waals surface area contributed by atoms with Crippen molar-refractivity contribution in [3.05, 3.63) is 71.7 Å². The van der Waals surface area contributed by atoms with Gasteiger partial charge in [0.1, 0.15) is 0 Å². The molecule has 2 aromatic heterocycles. The molecule has 5 rings (SSSR count). The first-order valence-electron chi connectivity index (χ1n) is 12.6. The molecule has 33 heavy (non-hydrogen) atoms. The molecule has 0 spiro atoms. The maximum Gasteiger partial charge on any atom is 0.0968 e. The Balaban J connectivity index is 1.23. The molecule has 3 aromatic rings. The molecule has 3 heterocycles. The monoisotopic (exact) mass is 444 g/mol. The van der Waals surface area contributed by atoms with Gasteiger partial charge in [0.15, 0.2) is 0 Å². The number of aromatic nitrogens is 3. The molecular weight excluding hydrogens is 408 g/mol. The van der Waals surface area contributed by atoms with Crippen molar-refractivity contribution in [2.45, 2.75) is 63.5 Å². The number of pyridine rings is 1. The van der Waals surface area contributed by atoms with Crippen molar-refractivity contribution in [1.82, 2.24) is 19.7 Å². The zero-order valence-corrected chi connectivity index (χ0v) is 19.7. The summed E-state index contributed by atoms with van der Waals surface area (Å²) in [5.41, 5.74) is 6.03. The van der Waals surface area contributed by atoms with Crippen LogP contribution in [0, 0.1) is 5.92 Å². The highest BCUT2D eigenvalue weighted by Crippen LogP contribution is 2.35.